The van der Waals surface area contributed by atoms with Crippen molar-refractivity contribution >= 4 is 32.9 Å². The van der Waals surface area contributed by atoms with Crippen LogP contribution in [-0.4, -0.2) is 9.55 Å². The van der Waals surface area contributed by atoms with Gasteiger partial charge in [-0.25, -0.2) is 18.2 Å². The van der Waals surface area contributed by atoms with Crippen LogP contribution < -0.4 is 5.73 Å². The van der Waals surface area contributed by atoms with E-state index in [1.54, 1.807) is 0 Å². The first-order chi connectivity index (χ1) is 9.90. The predicted octanol–water partition coefficient (Wildman–Crippen LogP) is 4.10. The van der Waals surface area contributed by atoms with Gasteiger partial charge in [-0.1, -0.05) is 6.07 Å². The number of nitrogen functional groups attached to an aromatic ring is 1. The van der Waals surface area contributed by atoms with Crippen molar-refractivity contribution in [1.82, 2.24) is 9.55 Å². The summed E-state index contributed by atoms with van der Waals surface area (Å²) in [6.07, 6.45) is 0. The number of imidazole rings is 1. The summed E-state index contributed by atoms with van der Waals surface area (Å²) in [4.78, 5) is 3.95. The maximum absolute atomic E-state index is 14.3. The lowest BCUT2D eigenvalue weighted by molar-refractivity contribution is 0.566. The summed E-state index contributed by atoms with van der Waals surface area (Å²) in [7, 11) is 0. The Hall–Kier alpha value is -2.02. The van der Waals surface area contributed by atoms with Gasteiger partial charge in [-0.05, 0) is 40.5 Å². The molecule has 3 aromatic rings. The zero-order valence-electron chi connectivity index (χ0n) is 10.8. The van der Waals surface area contributed by atoms with Crippen LogP contribution in [0.15, 0.2) is 28.7 Å². The largest absolute Gasteiger partial charge is 0.369 e. The molecule has 0 fully saturated rings. The molecule has 21 heavy (non-hydrogen) atoms. The van der Waals surface area contributed by atoms with Crippen molar-refractivity contribution in [3.63, 3.8) is 0 Å². The van der Waals surface area contributed by atoms with E-state index in [0.29, 0.717) is 5.52 Å². The molecule has 108 valence electrons. The minimum atomic E-state index is -0.774. The van der Waals surface area contributed by atoms with Crippen molar-refractivity contribution in [1.29, 1.82) is 0 Å². The number of hydrogen-bond donors (Lipinski definition) is 1. The number of hydrogen-bond acceptors (Lipinski definition) is 2. The van der Waals surface area contributed by atoms with Crippen LogP contribution in [0.2, 0.25) is 0 Å². The molecule has 2 N–H and O–H groups in total. The van der Waals surface area contributed by atoms with Crippen molar-refractivity contribution in [2.24, 2.45) is 0 Å². The van der Waals surface area contributed by atoms with E-state index in [0.717, 1.165) is 16.7 Å². The molecule has 0 aliphatic carbocycles. The van der Waals surface area contributed by atoms with Gasteiger partial charge in [-0.2, -0.15) is 0 Å². The molecule has 0 unspecified atom stereocenters. The molecule has 0 atom stereocenters. The Kier molecular flexibility index (Phi) is 3.16. The first-order valence-electron chi connectivity index (χ1n) is 5.98. The maximum atomic E-state index is 14.3. The quantitative estimate of drug-likeness (QED) is 0.714. The Bertz CT molecular complexity index is 874. The Labute approximate surface area is 126 Å². The second kappa shape index (κ2) is 4.77. The van der Waals surface area contributed by atoms with Crippen LogP contribution in [0.25, 0.3) is 16.7 Å². The average Bonchev–Trinajstić information content (AvgIpc) is 2.72. The lowest BCUT2D eigenvalue weighted by Crippen LogP contribution is -2.07. The fourth-order valence-electron chi connectivity index (χ4n) is 2.17. The summed E-state index contributed by atoms with van der Waals surface area (Å²) < 4.78 is 43.2. The van der Waals surface area contributed by atoms with E-state index in [1.165, 1.54) is 19.1 Å². The van der Waals surface area contributed by atoms with Crippen LogP contribution in [0.3, 0.4) is 0 Å². The maximum Gasteiger partial charge on any atom is 0.206 e. The van der Waals surface area contributed by atoms with Crippen LogP contribution in [0, 0.1) is 24.4 Å². The van der Waals surface area contributed by atoms with Crippen molar-refractivity contribution in [3.8, 4) is 5.69 Å². The SMILES string of the molecule is Cc1ccc(F)c(-n2c(N)nc3cc(F)c(Br)cc32)c1F. The van der Waals surface area contributed by atoms with Gasteiger partial charge >= 0.3 is 0 Å². The second-order valence-corrected chi connectivity index (χ2v) is 5.44. The van der Waals surface area contributed by atoms with Gasteiger partial charge in [-0.3, -0.25) is 4.57 Å². The third-order valence-corrected chi connectivity index (χ3v) is 3.81. The molecular weight excluding hydrogens is 347 g/mol. The number of nitrogens with zero attached hydrogens (tertiary/aromatic N) is 2. The van der Waals surface area contributed by atoms with E-state index in [-0.39, 0.29) is 27.2 Å². The monoisotopic (exact) mass is 355 g/mol. The normalized spacial score (nSPS) is 11.3. The predicted molar refractivity (Wildman–Crippen MR) is 77.8 cm³/mol. The molecule has 3 nitrogen and oxygen atoms in total. The number of anilines is 1. The molecule has 1 heterocycles. The highest BCUT2D eigenvalue weighted by molar-refractivity contribution is 9.10. The third kappa shape index (κ3) is 2.08. The van der Waals surface area contributed by atoms with Crippen LogP contribution in [0.5, 0.6) is 0 Å². The molecule has 2 aromatic carbocycles. The number of aromatic nitrogens is 2. The van der Waals surface area contributed by atoms with Crippen LogP contribution in [0.4, 0.5) is 19.1 Å². The van der Waals surface area contributed by atoms with Gasteiger partial charge in [0.05, 0.1) is 15.5 Å². The number of aryl methyl sites for hydroxylation is 1. The first kappa shape index (κ1) is 13.9. The summed E-state index contributed by atoms with van der Waals surface area (Å²) in [5, 5.41) is 0. The molecule has 0 aliphatic rings. The fourth-order valence-corrected chi connectivity index (χ4v) is 2.50. The Morgan fingerprint density at radius 3 is 2.57 bits per heavy atom. The van der Waals surface area contributed by atoms with Crippen molar-refractivity contribution in [2.45, 2.75) is 6.92 Å². The van der Waals surface area contributed by atoms with Gasteiger partial charge in [0.1, 0.15) is 17.3 Å². The Balaban J connectivity index is 2.43. The standard InChI is InChI=1S/C14H9BrF3N3/c1-6-2-3-8(16)13(12(6)18)21-11-4-7(15)9(17)5-10(11)20-14(21)19/h2-5H,1H3,(H2,19,20). The smallest absolute Gasteiger partial charge is 0.206 e. The van der Waals surface area contributed by atoms with E-state index < -0.39 is 17.5 Å². The number of halogens is 4. The van der Waals surface area contributed by atoms with Gasteiger partial charge in [-0.15, -0.1) is 0 Å². The lowest BCUT2D eigenvalue weighted by Gasteiger charge is -2.11. The summed E-state index contributed by atoms with van der Waals surface area (Å²) in [6, 6.07) is 5.02. The van der Waals surface area contributed by atoms with E-state index in [1.807, 2.05) is 0 Å². The number of benzene rings is 2. The molecule has 0 bridgehead atoms. The van der Waals surface area contributed by atoms with Gasteiger partial charge in [0.2, 0.25) is 5.95 Å². The van der Waals surface area contributed by atoms with Gasteiger partial charge in [0.25, 0.3) is 0 Å². The minimum Gasteiger partial charge on any atom is -0.369 e. The third-order valence-electron chi connectivity index (χ3n) is 3.21. The zero-order valence-corrected chi connectivity index (χ0v) is 12.4. The molecule has 7 heteroatoms. The molecular formula is C14H9BrF3N3. The number of rotatable bonds is 1. The molecule has 0 aliphatic heterocycles. The average molecular weight is 356 g/mol. The molecule has 3 rings (SSSR count). The number of nitrogens with two attached hydrogens (primary N) is 1. The lowest BCUT2D eigenvalue weighted by atomic mass is 10.2. The molecule has 0 saturated carbocycles. The van der Waals surface area contributed by atoms with Crippen LogP contribution in [-0.2, 0) is 0 Å². The van der Waals surface area contributed by atoms with Crippen molar-refractivity contribution in [2.75, 3.05) is 5.73 Å². The van der Waals surface area contributed by atoms with Gasteiger partial charge in [0.15, 0.2) is 5.82 Å². The highest BCUT2D eigenvalue weighted by atomic mass is 79.9. The summed E-state index contributed by atoms with van der Waals surface area (Å²) >= 11 is 3.04. The molecule has 1 aromatic heterocycles. The van der Waals surface area contributed by atoms with Gasteiger partial charge in [0, 0.05) is 6.07 Å². The zero-order chi connectivity index (χ0) is 15.3. The second-order valence-electron chi connectivity index (χ2n) is 4.59. The van der Waals surface area contributed by atoms with Crippen molar-refractivity contribution < 1.29 is 13.2 Å². The topological polar surface area (TPSA) is 43.8 Å². The van der Waals surface area contributed by atoms with E-state index in [9.17, 15) is 13.2 Å². The summed E-state index contributed by atoms with van der Waals surface area (Å²) in [5.74, 6) is -2.16. The molecule has 0 spiro atoms. The Morgan fingerprint density at radius 1 is 1.14 bits per heavy atom. The first-order valence-corrected chi connectivity index (χ1v) is 6.77. The molecule has 0 saturated heterocycles. The highest BCUT2D eigenvalue weighted by Gasteiger charge is 2.20. The highest BCUT2D eigenvalue weighted by Crippen LogP contribution is 2.31. The van der Waals surface area contributed by atoms with Crippen LogP contribution in [0.1, 0.15) is 5.56 Å². The van der Waals surface area contributed by atoms with Crippen molar-refractivity contribution in [3.05, 3.63) is 51.8 Å². The minimum absolute atomic E-state index is 0.120. The fraction of sp³-hybridized carbons (Fsp3) is 0.0714. The van der Waals surface area contributed by atoms with Crippen LogP contribution >= 0.6 is 15.9 Å². The van der Waals surface area contributed by atoms with E-state index in [4.69, 9.17) is 5.73 Å². The summed E-state index contributed by atoms with van der Waals surface area (Å²) in [6.45, 7) is 1.52. The number of fused-ring (bicyclic) bond motifs is 1. The molecule has 0 radical (unpaired) electrons. The summed E-state index contributed by atoms with van der Waals surface area (Å²) in [5.41, 5.74) is 6.23. The van der Waals surface area contributed by atoms with Gasteiger partial charge < -0.3 is 5.73 Å². The van der Waals surface area contributed by atoms with E-state index in [2.05, 4.69) is 20.9 Å². The molecule has 0 amide bonds. The van der Waals surface area contributed by atoms with E-state index >= 15 is 0 Å². The Morgan fingerprint density at radius 2 is 1.86 bits per heavy atom.